The molecule has 18 heavy (non-hydrogen) atoms. The third kappa shape index (κ3) is 3.08. The SMILES string of the molecule is CC(C)C1CNC(C)(C)CN1C(C)C1CCCC1. The zero-order chi connectivity index (χ0) is 13.3. The molecule has 1 saturated carbocycles. The molecule has 1 N–H and O–H groups in total. The Morgan fingerprint density at radius 1 is 1.11 bits per heavy atom. The van der Waals surface area contributed by atoms with Crippen molar-refractivity contribution in [1.29, 1.82) is 0 Å². The van der Waals surface area contributed by atoms with Gasteiger partial charge in [0.05, 0.1) is 0 Å². The van der Waals surface area contributed by atoms with Crippen LogP contribution in [0.2, 0.25) is 0 Å². The van der Waals surface area contributed by atoms with E-state index in [1.165, 1.54) is 32.2 Å². The topological polar surface area (TPSA) is 15.3 Å². The van der Waals surface area contributed by atoms with E-state index in [4.69, 9.17) is 0 Å². The number of nitrogens with one attached hydrogen (secondary N) is 1. The average molecular weight is 252 g/mol. The number of piperazine rings is 1. The minimum absolute atomic E-state index is 0.276. The first-order chi connectivity index (χ1) is 8.41. The van der Waals surface area contributed by atoms with Gasteiger partial charge in [-0.05, 0) is 45.4 Å². The number of hydrogen-bond acceptors (Lipinski definition) is 2. The maximum atomic E-state index is 3.72. The number of nitrogens with zero attached hydrogens (tertiary/aromatic N) is 1. The lowest BCUT2D eigenvalue weighted by Crippen LogP contribution is -2.65. The van der Waals surface area contributed by atoms with Gasteiger partial charge in [-0.25, -0.2) is 0 Å². The minimum Gasteiger partial charge on any atom is -0.309 e. The van der Waals surface area contributed by atoms with E-state index in [1.54, 1.807) is 0 Å². The second-order valence-electron chi connectivity index (χ2n) is 7.53. The van der Waals surface area contributed by atoms with Gasteiger partial charge in [0.1, 0.15) is 0 Å². The van der Waals surface area contributed by atoms with Crippen LogP contribution in [-0.4, -0.2) is 35.6 Å². The molecule has 2 fully saturated rings. The standard InChI is InChI=1S/C16H32N2/c1-12(2)15-10-17-16(4,5)11-18(15)13(3)14-8-6-7-9-14/h12-15,17H,6-11H2,1-5H3. The summed E-state index contributed by atoms with van der Waals surface area (Å²) in [6.07, 6.45) is 5.82. The molecule has 1 saturated heterocycles. The Balaban J connectivity index is 2.08. The van der Waals surface area contributed by atoms with Crippen molar-refractivity contribution in [2.75, 3.05) is 13.1 Å². The highest BCUT2D eigenvalue weighted by molar-refractivity contribution is 4.96. The van der Waals surface area contributed by atoms with Gasteiger partial charge in [-0.15, -0.1) is 0 Å². The van der Waals surface area contributed by atoms with Crippen molar-refractivity contribution >= 4 is 0 Å². The molecule has 2 heteroatoms. The smallest absolute Gasteiger partial charge is 0.0253 e. The lowest BCUT2D eigenvalue weighted by molar-refractivity contribution is 0.0172. The van der Waals surface area contributed by atoms with Crippen LogP contribution in [0.4, 0.5) is 0 Å². The Morgan fingerprint density at radius 3 is 2.28 bits per heavy atom. The Labute approximate surface area is 114 Å². The first kappa shape index (κ1) is 14.3. The van der Waals surface area contributed by atoms with Gasteiger partial charge >= 0.3 is 0 Å². The van der Waals surface area contributed by atoms with E-state index in [1.807, 2.05) is 0 Å². The molecule has 2 atom stereocenters. The van der Waals surface area contributed by atoms with Gasteiger partial charge in [-0.2, -0.15) is 0 Å². The van der Waals surface area contributed by atoms with Crippen molar-refractivity contribution in [3.05, 3.63) is 0 Å². The maximum absolute atomic E-state index is 3.72. The van der Waals surface area contributed by atoms with Crippen molar-refractivity contribution in [3.63, 3.8) is 0 Å². The highest BCUT2D eigenvalue weighted by Crippen LogP contribution is 2.33. The molecule has 0 amide bonds. The zero-order valence-electron chi connectivity index (χ0n) is 13.0. The molecule has 2 aliphatic rings. The summed E-state index contributed by atoms with van der Waals surface area (Å²) in [6, 6.07) is 1.48. The van der Waals surface area contributed by atoms with E-state index >= 15 is 0 Å². The molecule has 0 aromatic heterocycles. The van der Waals surface area contributed by atoms with E-state index in [-0.39, 0.29) is 5.54 Å². The van der Waals surface area contributed by atoms with Crippen molar-refractivity contribution in [2.45, 2.75) is 77.9 Å². The molecule has 2 unspecified atom stereocenters. The van der Waals surface area contributed by atoms with Gasteiger partial charge in [-0.1, -0.05) is 26.7 Å². The highest BCUT2D eigenvalue weighted by atomic mass is 15.3. The Bertz CT molecular complexity index is 266. The lowest BCUT2D eigenvalue weighted by Gasteiger charge is -2.50. The second kappa shape index (κ2) is 5.50. The van der Waals surface area contributed by atoms with Crippen LogP contribution < -0.4 is 5.32 Å². The molecule has 2 nitrogen and oxygen atoms in total. The molecule has 0 spiro atoms. The zero-order valence-corrected chi connectivity index (χ0v) is 13.0. The summed E-state index contributed by atoms with van der Waals surface area (Å²) in [5.41, 5.74) is 0.276. The summed E-state index contributed by atoms with van der Waals surface area (Å²) < 4.78 is 0. The molecular formula is C16H32N2. The first-order valence-corrected chi connectivity index (χ1v) is 7.91. The molecule has 0 radical (unpaired) electrons. The number of hydrogen-bond donors (Lipinski definition) is 1. The van der Waals surface area contributed by atoms with Crippen molar-refractivity contribution < 1.29 is 0 Å². The first-order valence-electron chi connectivity index (χ1n) is 7.91. The Kier molecular flexibility index (Phi) is 4.38. The van der Waals surface area contributed by atoms with Crippen LogP contribution in [0, 0.1) is 11.8 Å². The van der Waals surface area contributed by atoms with Gasteiger partial charge in [0.25, 0.3) is 0 Å². The largest absolute Gasteiger partial charge is 0.309 e. The van der Waals surface area contributed by atoms with E-state index < -0.39 is 0 Å². The third-order valence-corrected chi connectivity index (χ3v) is 5.17. The molecule has 2 rings (SSSR count). The van der Waals surface area contributed by atoms with Gasteiger partial charge in [0.2, 0.25) is 0 Å². The second-order valence-corrected chi connectivity index (χ2v) is 7.53. The van der Waals surface area contributed by atoms with Crippen molar-refractivity contribution in [1.82, 2.24) is 10.2 Å². The van der Waals surface area contributed by atoms with E-state index in [2.05, 4.69) is 44.8 Å². The molecule has 0 aromatic rings. The maximum Gasteiger partial charge on any atom is 0.0253 e. The van der Waals surface area contributed by atoms with Gasteiger partial charge in [-0.3, -0.25) is 4.90 Å². The predicted octanol–water partition coefficient (Wildman–Crippen LogP) is 3.27. The van der Waals surface area contributed by atoms with Crippen LogP contribution in [0.15, 0.2) is 0 Å². The summed E-state index contributed by atoms with van der Waals surface area (Å²) in [6.45, 7) is 14.3. The summed E-state index contributed by atoms with van der Waals surface area (Å²) in [5.74, 6) is 1.69. The van der Waals surface area contributed by atoms with Gasteiger partial charge < -0.3 is 5.32 Å². The average Bonchev–Trinajstić information content (AvgIpc) is 2.79. The lowest BCUT2D eigenvalue weighted by atomic mass is 9.88. The molecule has 106 valence electrons. The minimum atomic E-state index is 0.276. The van der Waals surface area contributed by atoms with Crippen LogP contribution >= 0.6 is 0 Å². The molecule has 1 heterocycles. The van der Waals surface area contributed by atoms with E-state index in [0.717, 1.165) is 24.4 Å². The number of rotatable bonds is 3. The monoisotopic (exact) mass is 252 g/mol. The fraction of sp³-hybridized carbons (Fsp3) is 1.00. The fourth-order valence-corrected chi connectivity index (χ4v) is 3.90. The Hall–Kier alpha value is -0.0800. The van der Waals surface area contributed by atoms with Crippen molar-refractivity contribution in [2.24, 2.45) is 11.8 Å². The molecular weight excluding hydrogens is 220 g/mol. The summed E-state index contributed by atoms with van der Waals surface area (Å²) >= 11 is 0. The predicted molar refractivity (Wildman–Crippen MR) is 78.8 cm³/mol. The third-order valence-electron chi connectivity index (χ3n) is 5.17. The molecule has 0 bridgehead atoms. The fourth-order valence-electron chi connectivity index (χ4n) is 3.90. The molecule has 0 aromatic carbocycles. The molecule has 1 aliphatic heterocycles. The van der Waals surface area contributed by atoms with Gasteiger partial charge in [0.15, 0.2) is 0 Å². The summed E-state index contributed by atoms with van der Waals surface area (Å²) in [5, 5.41) is 3.72. The van der Waals surface area contributed by atoms with Crippen LogP contribution in [0.25, 0.3) is 0 Å². The quantitative estimate of drug-likeness (QED) is 0.829. The molecule has 1 aliphatic carbocycles. The summed E-state index contributed by atoms with van der Waals surface area (Å²) in [4.78, 5) is 2.82. The van der Waals surface area contributed by atoms with Crippen LogP contribution in [0.5, 0.6) is 0 Å². The normalized spacial score (nSPS) is 32.0. The van der Waals surface area contributed by atoms with Crippen molar-refractivity contribution in [3.8, 4) is 0 Å². The van der Waals surface area contributed by atoms with Crippen LogP contribution in [-0.2, 0) is 0 Å². The van der Waals surface area contributed by atoms with Crippen LogP contribution in [0.3, 0.4) is 0 Å². The van der Waals surface area contributed by atoms with Crippen LogP contribution in [0.1, 0.15) is 60.3 Å². The van der Waals surface area contributed by atoms with E-state index in [0.29, 0.717) is 6.04 Å². The summed E-state index contributed by atoms with van der Waals surface area (Å²) in [7, 11) is 0. The Morgan fingerprint density at radius 2 is 1.72 bits per heavy atom. The van der Waals surface area contributed by atoms with E-state index in [9.17, 15) is 0 Å². The highest BCUT2D eigenvalue weighted by Gasteiger charge is 2.38. The van der Waals surface area contributed by atoms with Gasteiger partial charge in [0, 0.05) is 30.7 Å².